The van der Waals surface area contributed by atoms with E-state index in [1.54, 1.807) is 0 Å². The van der Waals surface area contributed by atoms with Crippen LogP contribution in [0.1, 0.15) is 69.9 Å². The minimum Gasteiger partial charge on any atom is -0.507 e. The van der Waals surface area contributed by atoms with Crippen molar-refractivity contribution < 1.29 is 10.2 Å². The standard InChI is InChI=1S/C21H30O2/c1-5-6-7-8-16-12-19(22)21(20(23)13-16)18-11-15(4)9-10-17(18)14(2)3/h11-13,17-18,22-23H,2,5-10H2,1,3-4H3/t17-,18-/m1/s1. The van der Waals surface area contributed by atoms with Crippen LogP contribution >= 0.6 is 0 Å². The van der Waals surface area contributed by atoms with Gasteiger partial charge in [-0.1, -0.05) is 43.6 Å². The highest BCUT2D eigenvalue weighted by atomic mass is 16.3. The fourth-order valence-electron chi connectivity index (χ4n) is 3.65. The van der Waals surface area contributed by atoms with E-state index >= 15 is 0 Å². The summed E-state index contributed by atoms with van der Waals surface area (Å²) in [4.78, 5) is 0. The second-order valence-electron chi connectivity index (χ2n) is 7.04. The number of rotatable bonds is 6. The van der Waals surface area contributed by atoms with E-state index in [0.717, 1.165) is 36.8 Å². The van der Waals surface area contributed by atoms with Crippen LogP contribution in [0.3, 0.4) is 0 Å². The maximum absolute atomic E-state index is 10.5. The topological polar surface area (TPSA) is 40.5 Å². The summed E-state index contributed by atoms with van der Waals surface area (Å²) in [6.07, 6.45) is 8.61. The molecule has 1 aliphatic carbocycles. The van der Waals surface area contributed by atoms with Gasteiger partial charge in [-0.3, -0.25) is 0 Å². The fraction of sp³-hybridized carbons (Fsp3) is 0.524. The molecule has 0 aliphatic heterocycles. The first-order valence-corrected chi connectivity index (χ1v) is 8.81. The first kappa shape index (κ1) is 17.7. The van der Waals surface area contributed by atoms with Crippen molar-refractivity contribution >= 4 is 0 Å². The van der Waals surface area contributed by atoms with Crippen molar-refractivity contribution in [1.82, 2.24) is 0 Å². The number of hydrogen-bond donors (Lipinski definition) is 2. The molecule has 0 bridgehead atoms. The third kappa shape index (κ3) is 4.19. The van der Waals surface area contributed by atoms with Crippen LogP contribution in [0.2, 0.25) is 0 Å². The Morgan fingerprint density at radius 1 is 1.22 bits per heavy atom. The lowest BCUT2D eigenvalue weighted by Crippen LogP contribution is -2.17. The number of unbranched alkanes of at least 4 members (excludes halogenated alkanes) is 2. The maximum atomic E-state index is 10.5. The van der Waals surface area contributed by atoms with Crippen LogP contribution in [0, 0.1) is 5.92 Å². The Balaban J connectivity index is 2.34. The molecule has 2 nitrogen and oxygen atoms in total. The Hall–Kier alpha value is -1.70. The first-order valence-electron chi connectivity index (χ1n) is 8.81. The van der Waals surface area contributed by atoms with Gasteiger partial charge >= 0.3 is 0 Å². The van der Waals surface area contributed by atoms with E-state index in [2.05, 4.69) is 26.5 Å². The molecule has 1 aromatic rings. The average molecular weight is 314 g/mol. The van der Waals surface area contributed by atoms with Crippen LogP contribution in [0.15, 0.2) is 35.9 Å². The summed E-state index contributed by atoms with van der Waals surface area (Å²) >= 11 is 0. The van der Waals surface area contributed by atoms with Gasteiger partial charge in [0.15, 0.2) is 0 Å². The molecular weight excluding hydrogens is 284 g/mol. The van der Waals surface area contributed by atoms with Gasteiger partial charge in [0.25, 0.3) is 0 Å². The highest BCUT2D eigenvalue weighted by Gasteiger charge is 2.29. The predicted molar refractivity (Wildman–Crippen MR) is 97.0 cm³/mol. The molecule has 126 valence electrons. The minimum atomic E-state index is 0.0194. The van der Waals surface area contributed by atoms with Crippen molar-refractivity contribution in [3.05, 3.63) is 47.1 Å². The van der Waals surface area contributed by atoms with E-state index < -0.39 is 0 Å². The van der Waals surface area contributed by atoms with Crippen molar-refractivity contribution in [2.24, 2.45) is 5.92 Å². The number of phenolic OH excluding ortho intramolecular Hbond substituents is 2. The molecule has 0 heterocycles. The smallest absolute Gasteiger partial charge is 0.123 e. The van der Waals surface area contributed by atoms with Crippen LogP contribution < -0.4 is 0 Å². The maximum Gasteiger partial charge on any atom is 0.123 e. The monoisotopic (exact) mass is 314 g/mol. The van der Waals surface area contributed by atoms with Crippen molar-refractivity contribution in [2.75, 3.05) is 0 Å². The zero-order chi connectivity index (χ0) is 17.0. The molecule has 0 saturated heterocycles. The number of benzene rings is 1. The van der Waals surface area contributed by atoms with Gasteiger partial charge in [0.1, 0.15) is 11.5 Å². The lowest BCUT2D eigenvalue weighted by atomic mass is 9.73. The van der Waals surface area contributed by atoms with E-state index in [1.165, 1.54) is 18.4 Å². The van der Waals surface area contributed by atoms with E-state index in [-0.39, 0.29) is 23.3 Å². The number of hydrogen-bond acceptors (Lipinski definition) is 2. The third-order valence-electron chi connectivity index (χ3n) is 4.98. The van der Waals surface area contributed by atoms with Crippen molar-refractivity contribution in [3.8, 4) is 11.5 Å². The molecule has 2 N–H and O–H groups in total. The number of aromatic hydroxyl groups is 2. The molecular formula is C21H30O2. The summed E-state index contributed by atoms with van der Waals surface area (Å²) in [6, 6.07) is 3.66. The van der Waals surface area contributed by atoms with Gasteiger partial charge in [-0.05, 0) is 63.1 Å². The molecule has 0 unspecified atom stereocenters. The zero-order valence-electron chi connectivity index (χ0n) is 14.7. The average Bonchev–Trinajstić information content (AvgIpc) is 2.46. The summed E-state index contributed by atoms with van der Waals surface area (Å²) < 4.78 is 0. The largest absolute Gasteiger partial charge is 0.507 e. The lowest BCUT2D eigenvalue weighted by molar-refractivity contribution is 0.406. The Bertz CT molecular complexity index is 575. The normalized spacial score (nSPS) is 21.1. The van der Waals surface area contributed by atoms with Crippen molar-refractivity contribution in [3.63, 3.8) is 0 Å². The van der Waals surface area contributed by atoms with Crippen LogP contribution in [0.5, 0.6) is 11.5 Å². The van der Waals surface area contributed by atoms with Gasteiger partial charge in [0, 0.05) is 11.5 Å². The molecule has 0 saturated carbocycles. The molecule has 23 heavy (non-hydrogen) atoms. The molecule has 2 atom stereocenters. The fourth-order valence-corrected chi connectivity index (χ4v) is 3.65. The second kappa shape index (κ2) is 7.72. The van der Waals surface area contributed by atoms with Gasteiger partial charge in [-0.15, -0.1) is 0 Å². The van der Waals surface area contributed by atoms with Gasteiger partial charge in [0.05, 0.1) is 0 Å². The van der Waals surface area contributed by atoms with E-state index in [0.29, 0.717) is 5.56 Å². The van der Waals surface area contributed by atoms with Gasteiger partial charge < -0.3 is 10.2 Å². The molecule has 2 heteroatoms. The molecule has 0 aromatic heterocycles. The van der Waals surface area contributed by atoms with E-state index in [9.17, 15) is 10.2 Å². The quantitative estimate of drug-likeness (QED) is 0.511. The van der Waals surface area contributed by atoms with Gasteiger partial charge in [-0.2, -0.15) is 0 Å². The third-order valence-corrected chi connectivity index (χ3v) is 4.98. The van der Waals surface area contributed by atoms with Gasteiger partial charge in [0.2, 0.25) is 0 Å². The van der Waals surface area contributed by atoms with E-state index in [4.69, 9.17) is 0 Å². The molecule has 0 amide bonds. The summed E-state index contributed by atoms with van der Waals surface area (Å²) in [7, 11) is 0. The Kier molecular flexibility index (Phi) is 5.92. The minimum absolute atomic E-state index is 0.0194. The Morgan fingerprint density at radius 3 is 2.43 bits per heavy atom. The van der Waals surface area contributed by atoms with Crippen molar-refractivity contribution in [1.29, 1.82) is 0 Å². The highest BCUT2D eigenvalue weighted by Crippen LogP contribution is 2.46. The lowest BCUT2D eigenvalue weighted by Gasteiger charge is -2.31. The van der Waals surface area contributed by atoms with Crippen LogP contribution in [0.25, 0.3) is 0 Å². The summed E-state index contributed by atoms with van der Waals surface area (Å²) in [5.41, 5.74) is 4.11. The van der Waals surface area contributed by atoms with Crippen LogP contribution in [-0.4, -0.2) is 10.2 Å². The number of allylic oxidation sites excluding steroid dienone is 3. The molecule has 1 aromatic carbocycles. The number of aryl methyl sites for hydroxylation is 1. The molecule has 0 fully saturated rings. The number of phenols is 2. The summed E-state index contributed by atoms with van der Waals surface area (Å²) in [5, 5.41) is 21.1. The Labute approximate surface area is 140 Å². The van der Waals surface area contributed by atoms with Gasteiger partial charge in [-0.25, -0.2) is 0 Å². The SMILES string of the molecule is C=C(C)[C@H]1CCC(C)=C[C@H]1c1c(O)cc(CCCCC)cc1O. The molecule has 1 aliphatic rings. The second-order valence-corrected chi connectivity index (χ2v) is 7.04. The van der Waals surface area contributed by atoms with Crippen LogP contribution in [-0.2, 0) is 6.42 Å². The van der Waals surface area contributed by atoms with Crippen LogP contribution in [0.4, 0.5) is 0 Å². The predicted octanol–water partition coefficient (Wildman–Crippen LogP) is 5.85. The van der Waals surface area contributed by atoms with Crippen molar-refractivity contribution in [2.45, 2.75) is 65.2 Å². The first-order chi connectivity index (χ1) is 10.9. The highest BCUT2D eigenvalue weighted by molar-refractivity contribution is 5.51. The summed E-state index contributed by atoms with van der Waals surface area (Å²) in [6.45, 7) is 10.4. The molecule has 0 spiro atoms. The summed E-state index contributed by atoms with van der Waals surface area (Å²) in [5.74, 6) is 0.741. The Morgan fingerprint density at radius 2 is 1.87 bits per heavy atom. The molecule has 0 radical (unpaired) electrons. The zero-order valence-corrected chi connectivity index (χ0v) is 14.7. The molecule has 2 rings (SSSR count). The van der Waals surface area contributed by atoms with E-state index in [1.807, 2.05) is 19.1 Å².